The van der Waals surface area contributed by atoms with Crippen LogP contribution in [0.2, 0.25) is 0 Å². The van der Waals surface area contributed by atoms with Gasteiger partial charge in [-0.3, -0.25) is 0 Å². The topological polar surface area (TPSA) is 102 Å². The number of alkyl halides is 9. The molecule has 0 rings (SSSR count). The molecule has 0 aromatic heterocycles. The summed E-state index contributed by atoms with van der Waals surface area (Å²) < 4.78 is 179. The van der Waals surface area contributed by atoms with Crippen LogP contribution in [-0.4, -0.2) is 80.8 Å². The van der Waals surface area contributed by atoms with Crippen molar-refractivity contribution in [3.63, 3.8) is 0 Å². The van der Waals surface area contributed by atoms with E-state index in [2.05, 4.69) is 0 Å². The van der Waals surface area contributed by atoms with E-state index < -0.39 is 85.1 Å². The zero-order valence-electron chi connectivity index (χ0n) is 12.0. The van der Waals surface area contributed by atoms with Gasteiger partial charge in [0.15, 0.2) is 0 Å². The minimum atomic E-state index is -7.11. The normalized spacial score (nSPS) is 20.2. The van der Waals surface area contributed by atoms with Crippen molar-refractivity contribution >= 4 is 47.2 Å². The van der Waals surface area contributed by atoms with Gasteiger partial charge in [-0.05, 0) is 0 Å². The second kappa shape index (κ2) is 8.05. The van der Waals surface area contributed by atoms with Crippen LogP contribution >= 0.6 is 0 Å². The summed E-state index contributed by atoms with van der Waals surface area (Å²) in [4.78, 5) is 0. The number of hydrogen-bond acceptors (Lipinski definition) is 6. The van der Waals surface area contributed by atoms with Gasteiger partial charge in [0.2, 0.25) is 0 Å². The van der Waals surface area contributed by atoms with Crippen molar-refractivity contribution in [3.05, 3.63) is 0 Å². The van der Waals surface area contributed by atoms with Crippen molar-refractivity contribution in [3.8, 4) is 0 Å². The average molecular weight is 460 g/mol. The van der Waals surface area contributed by atoms with Crippen LogP contribution in [0.3, 0.4) is 0 Å². The van der Waals surface area contributed by atoms with Crippen molar-refractivity contribution in [1.82, 2.24) is 0 Å². The summed E-state index contributed by atoms with van der Waals surface area (Å²) in [5, 5.41) is 0. The van der Waals surface area contributed by atoms with Crippen molar-refractivity contribution in [1.29, 1.82) is 0 Å². The van der Waals surface area contributed by atoms with Crippen LogP contribution in [0.25, 0.3) is 0 Å². The molecule has 0 radical (unpaired) electrons. The van der Waals surface area contributed by atoms with Crippen LogP contribution in [0.4, 0.5) is 39.5 Å². The molecule has 3 atom stereocenters. The summed E-state index contributed by atoms with van der Waals surface area (Å²) in [7, 11) is -21.3. The second-order valence-corrected chi connectivity index (χ2v) is 12.4. The van der Waals surface area contributed by atoms with Crippen LogP contribution in [0.1, 0.15) is 0 Å². The first-order valence-corrected chi connectivity index (χ1v) is 10.4. The third-order valence-corrected chi connectivity index (χ3v) is 12.7. The molecule has 0 N–H and O–H groups in total. The standard InChI is InChI=1S/C7H6F9O6S3.Li/c8-1(9)4(14)23(17,18)7(24(19,20)5(15)2(10)11)25(21,22)6(16)3(12)13;/h1-6H;. The van der Waals surface area contributed by atoms with Gasteiger partial charge in [0.1, 0.15) is 0 Å². The first kappa shape index (κ1) is 25.8. The Bertz CT molecular complexity index is 703. The predicted molar refractivity (Wildman–Crippen MR) is 67.9 cm³/mol. The number of halogens is 9. The van der Waals surface area contributed by atoms with E-state index in [0.29, 0.717) is 0 Å². The fraction of sp³-hybridized carbons (Fsp3) is 1.00. The third-order valence-electron chi connectivity index (χ3n) is 3.03. The quantitative estimate of drug-likeness (QED) is 0.371. The summed E-state index contributed by atoms with van der Waals surface area (Å²) in [6.07, 6.45) is -14.1. The molecule has 0 fully saturated rings. The van der Waals surface area contributed by atoms with Gasteiger partial charge in [-0.2, -0.15) is 0 Å². The number of sulfone groups is 3. The maximum atomic E-state index is 13.3. The SMILES string of the molecule is [Li][C](S(=O)(=O)C(F)C(F)F)(S(=O)(=O)C(F)C(F)F)S(=O)(=O)C(F)C(F)F. The van der Waals surface area contributed by atoms with E-state index >= 15 is 0 Å². The van der Waals surface area contributed by atoms with Gasteiger partial charge >= 0.3 is 150 Å². The fourth-order valence-electron chi connectivity index (χ4n) is 1.51. The molecule has 0 aliphatic heterocycles. The maximum absolute atomic E-state index is 13.3. The third kappa shape index (κ3) is 3.84. The molecule has 0 heterocycles. The Labute approximate surface area is 150 Å². The Morgan fingerprint density at radius 1 is 0.500 bits per heavy atom. The molecule has 0 aliphatic rings. The second-order valence-electron chi connectivity index (χ2n) is 4.55. The van der Waals surface area contributed by atoms with E-state index in [-0.39, 0.29) is 0 Å². The van der Waals surface area contributed by atoms with Gasteiger partial charge in [0.25, 0.3) is 0 Å². The summed E-state index contributed by atoms with van der Waals surface area (Å²) in [5.41, 5.74) is -14.3. The molecule has 0 aromatic carbocycles. The molecular weight excluding hydrogens is 454 g/mol. The van der Waals surface area contributed by atoms with Crippen LogP contribution in [0.15, 0.2) is 0 Å². The predicted octanol–water partition coefficient (Wildman–Crippen LogP) is 0.693. The molecule has 0 bridgehead atoms. The van der Waals surface area contributed by atoms with E-state index in [9.17, 15) is 64.8 Å². The summed E-state index contributed by atoms with van der Waals surface area (Å²) in [5.74, 6) is 0. The van der Waals surface area contributed by atoms with Gasteiger partial charge < -0.3 is 0 Å². The molecular formula is C7H6F9LiO6S3. The van der Waals surface area contributed by atoms with Crippen LogP contribution < -0.4 is 0 Å². The molecule has 0 aliphatic carbocycles. The van der Waals surface area contributed by atoms with Crippen molar-refractivity contribution in [2.45, 2.75) is 37.9 Å². The van der Waals surface area contributed by atoms with Gasteiger partial charge in [-0.25, -0.2) is 0 Å². The van der Waals surface area contributed by atoms with Gasteiger partial charge in [-0.15, -0.1) is 0 Å². The monoisotopic (exact) mass is 460 g/mol. The molecule has 0 saturated carbocycles. The van der Waals surface area contributed by atoms with E-state index in [1.165, 1.54) is 0 Å². The Balaban J connectivity index is 7.20. The molecule has 26 heavy (non-hydrogen) atoms. The molecule has 0 spiro atoms. The van der Waals surface area contributed by atoms with Crippen molar-refractivity contribution in [2.24, 2.45) is 0 Å². The Morgan fingerprint density at radius 3 is 0.769 bits per heavy atom. The molecule has 0 aromatic rings. The molecule has 152 valence electrons. The van der Waals surface area contributed by atoms with E-state index in [4.69, 9.17) is 0 Å². The summed E-state index contributed by atoms with van der Waals surface area (Å²) in [6.45, 7) is 0. The van der Waals surface area contributed by atoms with Gasteiger partial charge in [-0.1, -0.05) is 0 Å². The zero-order chi connectivity index (χ0) is 21.5. The Kier molecular flexibility index (Phi) is 7.99. The zero-order valence-corrected chi connectivity index (χ0v) is 14.5. The first-order chi connectivity index (χ1) is 11.3. The minimum absolute atomic E-state index is 0.841. The average Bonchev–Trinajstić information content (AvgIpc) is 2.50. The molecule has 0 saturated heterocycles. The number of hydrogen-bond donors (Lipinski definition) is 0. The van der Waals surface area contributed by atoms with Gasteiger partial charge in [0.05, 0.1) is 0 Å². The summed E-state index contributed by atoms with van der Waals surface area (Å²) in [6, 6.07) is 0. The molecule has 19 heteroatoms. The first-order valence-electron chi connectivity index (χ1n) is 5.78. The van der Waals surface area contributed by atoms with Crippen LogP contribution in [0, 0.1) is 0 Å². The van der Waals surface area contributed by atoms with E-state index in [1.807, 2.05) is 0 Å². The molecule has 3 unspecified atom stereocenters. The van der Waals surface area contributed by atoms with Crippen molar-refractivity contribution in [2.75, 3.05) is 0 Å². The van der Waals surface area contributed by atoms with Crippen LogP contribution in [0.5, 0.6) is 0 Å². The van der Waals surface area contributed by atoms with Crippen LogP contribution in [-0.2, 0) is 29.5 Å². The summed E-state index contributed by atoms with van der Waals surface area (Å²) >= 11 is -0.841. The number of rotatable bonds is 9. The molecule has 0 amide bonds. The fourth-order valence-corrected chi connectivity index (χ4v) is 9.09. The van der Waals surface area contributed by atoms with Gasteiger partial charge in [0, 0.05) is 0 Å². The Hall–Kier alpha value is -0.183. The van der Waals surface area contributed by atoms with Crippen molar-refractivity contribution < 1.29 is 64.8 Å². The van der Waals surface area contributed by atoms with E-state index in [1.54, 1.807) is 0 Å². The van der Waals surface area contributed by atoms with E-state index in [0.717, 1.165) is 0 Å². The molecule has 6 nitrogen and oxygen atoms in total. The Morgan fingerprint density at radius 2 is 0.654 bits per heavy atom.